The van der Waals surface area contributed by atoms with Crippen LogP contribution in [0.4, 0.5) is 0 Å². The second-order valence-corrected chi connectivity index (χ2v) is 6.31. The van der Waals surface area contributed by atoms with Crippen LogP contribution in [-0.2, 0) is 6.54 Å². The van der Waals surface area contributed by atoms with E-state index in [1.807, 2.05) is 48.5 Å². The second-order valence-electron chi connectivity index (χ2n) is 5.31. The number of hydrogen-bond donors (Lipinski definition) is 0. The van der Waals surface area contributed by atoms with Gasteiger partial charge in [-0.3, -0.25) is 9.36 Å². The maximum atomic E-state index is 12.1. The number of aromatic nitrogens is 1. The molecule has 0 atom stereocenters. The van der Waals surface area contributed by atoms with Crippen molar-refractivity contribution in [3.05, 3.63) is 76.4 Å². The Morgan fingerprint density at radius 3 is 2.65 bits per heavy atom. The molecule has 0 aliphatic rings. The highest BCUT2D eigenvalue weighted by atomic mass is 32.1. The van der Waals surface area contributed by atoms with Gasteiger partial charge in [-0.15, -0.1) is 0 Å². The molecule has 0 fully saturated rings. The van der Waals surface area contributed by atoms with Gasteiger partial charge in [0.05, 0.1) is 16.8 Å². The smallest absolute Gasteiger partial charge is 0.308 e. The molecule has 3 aromatic carbocycles. The maximum Gasteiger partial charge on any atom is 0.308 e. The van der Waals surface area contributed by atoms with E-state index in [9.17, 15) is 4.79 Å². The van der Waals surface area contributed by atoms with Crippen LogP contribution in [0.25, 0.3) is 21.0 Å². The fourth-order valence-corrected chi connectivity index (χ4v) is 3.71. The van der Waals surface area contributed by atoms with E-state index < -0.39 is 0 Å². The number of rotatable bonds is 4. The first-order chi connectivity index (χ1) is 11.3. The summed E-state index contributed by atoms with van der Waals surface area (Å²) in [7, 11) is 0. The van der Waals surface area contributed by atoms with Crippen LogP contribution < -0.4 is 9.61 Å². The molecule has 0 saturated carbocycles. The van der Waals surface area contributed by atoms with Gasteiger partial charge in [-0.05, 0) is 23.6 Å². The lowest BCUT2D eigenvalue weighted by Gasteiger charge is -2.10. The molecular formula is C19H15NO2S. The summed E-state index contributed by atoms with van der Waals surface area (Å²) < 4.78 is 8.74. The Hall–Kier alpha value is -2.59. The molecule has 4 heteroatoms. The number of nitrogens with zero attached hydrogens (tertiary/aromatic N) is 1. The molecule has 0 saturated heterocycles. The van der Waals surface area contributed by atoms with E-state index in [0.29, 0.717) is 13.2 Å². The molecule has 0 radical (unpaired) electrons. The lowest BCUT2D eigenvalue weighted by atomic mass is 10.1. The van der Waals surface area contributed by atoms with E-state index in [1.54, 1.807) is 4.57 Å². The molecule has 114 valence electrons. The van der Waals surface area contributed by atoms with Crippen molar-refractivity contribution in [1.82, 2.24) is 4.57 Å². The number of ether oxygens (including phenoxy) is 1. The summed E-state index contributed by atoms with van der Waals surface area (Å²) in [4.78, 5) is 12.2. The molecule has 0 unspecified atom stereocenters. The first-order valence-electron chi connectivity index (χ1n) is 7.52. The van der Waals surface area contributed by atoms with E-state index >= 15 is 0 Å². The van der Waals surface area contributed by atoms with Gasteiger partial charge in [0.2, 0.25) is 0 Å². The monoisotopic (exact) mass is 321 g/mol. The van der Waals surface area contributed by atoms with E-state index in [4.69, 9.17) is 4.74 Å². The lowest BCUT2D eigenvalue weighted by Crippen LogP contribution is -2.17. The molecule has 0 aliphatic carbocycles. The van der Waals surface area contributed by atoms with Gasteiger partial charge in [0.1, 0.15) is 12.4 Å². The minimum atomic E-state index is 0.0627. The standard InChI is InChI=1S/C19H15NO2S/c21-19-20(16-9-3-4-11-18(16)23-19)12-13-22-17-10-5-7-14-6-1-2-8-15(14)17/h1-11H,12-13H2. The number of fused-ring (bicyclic) bond motifs is 2. The molecule has 23 heavy (non-hydrogen) atoms. The predicted octanol–water partition coefficient (Wildman–Crippen LogP) is 4.30. The molecule has 4 rings (SSSR count). The van der Waals surface area contributed by atoms with Crippen LogP contribution in [0.5, 0.6) is 5.75 Å². The van der Waals surface area contributed by atoms with E-state index in [0.717, 1.165) is 26.7 Å². The number of para-hydroxylation sites is 1. The summed E-state index contributed by atoms with van der Waals surface area (Å²) in [5.41, 5.74) is 0.976. The van der Waals surface area contributed by atoms with Crippen LogP contribution >= 0.6 is 11.3 Å². The molecule has 0 N–H and O–H groups in total. The zero-order valence-electron chi connectivity index (χ0n) is 12.4. The molecular weight excluding hydrogens is 306 g/mol. The van der Waals surface area contributed by atoms with Crippen LogP contribution in [0.2, 0.25) is 0 Å². The Balaban J connectivity index is 1.57. The second kappa shape index (κ2) is 5.89. The maximum absolute atomic E-state index is 12.1. The average Bonchev–Trinajstić information content (AvgIpc) is 2.91. The van der Waals surface area contributed by atoms with Crippen LogP contribution in [0.1, 0.15) is 0 Å². The first kappa shape index (κ1) is 14.0. The summed E-state index contributed by atoms with van der Waals surface area (Å²) >= 11 is 1.28. The third kappa shape index (κ3) is 2.62. The van der Waals surface area contributed by atoms with E-state index in [2.05, 4.69) is 18.2 Å². The van der Waals surface area contributed by atoms with Crippen molar-refractivity contribution in [2.45, 2.75) is 6.54 Å². The van der Waals surface area contributed by atoms with Gasteiger partial charge in [-0.1, -0.05) is 59.9 Å². The Kier molecular flexibility index (Phi) is 3.60. The Bertz CT molecular complexity index is 1030. The summed E-state index contributed by atoms with van der Waals surface area (Å²) in [5, 5.41) is 2.25. The normalized spacial score (nSPS) is 11.1. The fourth-order valence-electron chi connectivity index (χ4n) is 2.79. The van der Waals surface area contributed by atoms with Gasteiger partial charge >= 0.3 is 4.87 Å². The average molecular weight is 321 g/mol. The van der Waals surface area contributed by atoms with Gasteiger partial charge in [0.15, 0.2) is 0 Å². The number of benzene rings is 3. The molecule has 3 nitrogen and oxygen atoms in total. The van der Waals surface area contributed by atoms with Gasteiger partial charge in [0, 0.05) is 5.39 Å². The molecule has 0 aliphatic heterocycles. The van der Waals surface area contributed by atoms with Gasteiger partial charge in [-0.25, -0.2) is 0 Å². The van der Waals surface area contributed by atoms with Crippen LogP contribution in [0.15, 0.2) is 71.5 Å². The highest BCUT2D eigenvalue weighted by Gasteiger charge is 2.07. The van der Waals surface area contributed by atoms with Crippen LogP contribution in [0, 0.1) is 0 Å². The zero-order chi connectivity index (χ0) is 15.6. The molecule has 0 spiro atoms. The topological polar surface area (TPSA) is 31.2 Å². The Labute approximate surface area is 137 Å². The highest BCUT2D eigenvalue weighted by molar-refractivity contribution is 7.16. The van der Waals surface area contributed by atoms with Crippen LogP contribution in [-0.4, -0.2) is 11.2 Å². The quantitative estimate of drug-likeness (QED) is 0.561. The highest BCUT2D eigenvalue weighted by Crippen LogP contribution is 2.25. The van der Waals surface area contributed by atoms with Crippen molar-refractivity contribution in [2.75, 3.05) is 6.61 Å². The fraction of sp³-hybridized carbons (Fsp3) is 0.105. The Morgan fingerprint density at radius 1 is 0.913 bits per heavy atom. The summed E-state index contributed by atoms with van der Waals surface area (Å²) in [6.07, 6.45) is 0. The van der Waals surface area contributed by atoms with Crippen molar-refractivity contribution in [2.24, 2.45) is 0 Å². The van der Waals surface area contributed by atoms with E-state index in [-0.39, 0.29) is 4.87 Å². The predicted molar refractivity (Wildman–Crippen MR) is 95.5 cm³/mol. The molecule has 0 bridgehead atoms. The molecule has 4 aromatic rings. The van der Waals surface area contributed by atoms with Crippen LogP contribution in [0.3, 0.4) is 0 Å². The summed E-state index contributed by atoms with van der Waals surface area (Å²) in [6, 6.07) is 22.0. The number of thiazole rings is 1. The largest absolute Gasteiger partial charge is 0.491 e. The van der Waals surface area contributed by atoms with Crippen molar-refractivity contribution in [3.8, 4) is 5.75 Å². The molecule has 1 aromatic heterocycles. The molecule has 0 amide bonds. The SMILES string of the molecule is O=c1sc2ccccc2n1CCOc1cccc2ccccc12. The van der Waals surface area contributed by atoms with Crippen molar-refractivity contribution >= 4 is 32.3 Å². The first-order valence-corrected chi connectivity index (χ1v) is 8.33. The van der Waals surface area contributed by atoms with Gasteiger partial charge in [-0.2, -0.15) is 0 Å². The summed E-state index contributed by atoms with van der Waals surface area (Å²) in [6.45, 7) is 1.01. The van der Waals surface area contributed by atoms with Crippen molar-refractivity contribution in [3.63, 3.8) is 0 Å². The number of hydrogen-bond acceptors (Lipinski definition) is 3. The summed E-state index contributed by atoms with van der Waals surface area (Å²) in [5.74, 6) is 0.857. The van der Waals surface area contributed by atoms with E-state index in [1.165, 1.54) is 11.3 Å². The molecule has 1 heterocycles. The Morgan fingerprint density at radius 2 is 1.70 bits per heavy atom. The van der Waals surface area contributed by atoms with Gasteiger partial charge < -0.3 is 4.74 Å². The van der Waals surface area contributed by atoms with Gasteiger partial charge in [0.25, 0.3) is 0 Å². The lowest BCUT2D eigenvalue weighted by molar-refractivity contribution is 0.303. The zero-order valence-corrected chi connectivity index (χ0v) is 13.3. The van der Waals surface area contributed by atoms with Crippen molar-refractivity contribution in [1.29, 1.82) is 0 Å². The van der Waals surface area contributed by atoms with Crippen molar-refractivity contribution < 1.29 is 4.74 Å². The third-order valence-corrected chi connectivity index (χ3v) is 4.86. The minimum absolute atomic E-state index is 0.0627. The minimum Gasteiger partial charge on any atom is -0.491 e. The third-order valence-electron chi connectivity index (χ3n) is 3.90.